The Morgan fingerprint density at radius 1 is 0.588 bits per heavy atom. The van der Waals surface area contributed by atoms with Crippen molar-refractivity contribution in [3.8, 4) is 0 Å². The van der Waals surface area contributed by atoms with E-state index in [9.17, 15) is 0 Å². The van der Waals surface area contributed by atoms with Gasteiger partial charge in [0, 0.05) is 5.41 Å². The predicted octanol–water partition coefficient (Wildman–Crippen LogP) is -1.33. The Labute approximate surface area is 239 Å². The number of benzene rings is 3. The Balaban J connectivity index is 0.00000272. The first-order valence-electron chi connectivity index (χ1n) is 10.8. The van der Waals surface area contributed by atoms with Crippen LogP contribution in [0.15, 0.2) is 89.5 Å². The first-order chi connectivity index (χ1) is 14.3. The Bertz CT molecular complexity index is 1070. The van der Waals surface area contributed by atoms with E-state index in [0.717, 1.165) is 0 Å². The zero-order valence-electron chi connectivity index (χ0n) is 20.6. The Morgan fingerprint density at radius 3 is 1.21 bits per heavy atom. The van der Waals surface area contributed by atoms with E-state index in [2.05, 4.69) is 120 Å². The van der Waals surface area contributed by atoms with E-state index in [1.807, 2.05) is 0 Å². The molecule has 0 heterocycles. The molecule has 0 amide bonds. The van der Waals surface area contributed by atoms with Gasteiger partial charge in [-0.1, -0.05) is 109 Å². The quantitative estimate of drug-likeness (QED) is 0.217. The summed E-state index contributed by atoms with van der Waals surface area (Å²) in [5, 5.41) is 0. The first kappa shape index (κ1) is 32.7. The molecule has 34 heavy (non-hydrogen) atoms. The summed E-state index contributed by atoms with van der Waals surface area (Å²) in [5.41, 5.74) is 11.6. The van der Waals surface area contributed by atoms with Crippen LogP contribution in [0.5, 0.6) is 0 Å². The maximum Gasteiger partial charge on any atom is 4.00 e. The SMILES string of the molecule is CC1=[C-]C(C(c2cccc(C)c2)(c2cccc(C)c2)c2cccc(C)c2)C(C)=C1C.[Cl-].[Cl-].[Cl-].[Ti+4]. The summed E-state index contributed by atoms with van der Waals surface area (Å²) in [6.07, 6.45) is 3.89. The Morgan fingerprint density at radius 2 is 0.941 bits per heavy atom. The van der Waals surface area contributed by atoms with Gasteiger partial charge in [-0.3, -0.25) is 6.08 Å². The molecule has 0 spiro atoms. The Hall–Kier alpha value is -1.28. The normalized spacial score (nSPS) is 14.8. The average molecular weight is 546 g/mol. The van der Waals surface area contributed by atoms with Crippen LogP contribution in [0, 0.1) is 32.8 Å². The molecule has 0 fully saturated rings. The zero-order valence-corrected chi connectivity index (χ0v) is 24.5. The van der Waals surface area contributed by atoms with Crippen molar-refractivity contribution < 1.29 is 58.9 Å². The van der Waals surface area contributed by atoms with E-state index >= 15 is 0 Å². The minimum atomic E-state index is -0.326. The standard InChI is InChI=1S/C30H31.3ClH.Ti/c1-20-10-7-13-26(16-20)30(27-14-8-11-21(2)17-27,28-15-9-12-22(3)18-28)29-19-23(4)24(5)25(29)6;;;;/h7-18,29H,1-6H3;3*1H;/q-1;;;;+4/p-3. The van der Waals surface area contributed by atoms with Crippen molar-refractivity contribution in [1.29, 1.82) is 0 Å². The van der Waals surface area contributed by atoms with Gasteiger partial charge in [0.2, 0.25) is 0 Å². The molecule has 0 N–H and O–H groups in total. The smallest absolute Gasteiger partial charge is 1.00 e. The van der Waals surface area contributed by atoms with Gasteiger partial charge >= 0.3 is 21.7 Å². The second-order valence-electron chi connectivity index (χ2n) is 8.93. The van der Waals surface area contributed by atoms with Crippen LogP contribution in [0.2, 0.25) is 0 Å². The van der Waals surface area contributed by atoms with Crippen molar-refractivity contribution in [3.63, 3.8) is 0 Å². The molecule has 1 aliphatic carbocycles. The number of aryl methyl sites for hydroxylation is 3. The van der Waals surface area contributed by atoms with Crippen molar-refractivity contribution in [1.82, 2.24) is 0 Å². The van der Waals surface area contributed by atoms with Crippen molar-refractivity contribution in [2.24, 2.45) is 5.92 Å². The Kier molecular flexibility index (Phi) is 12.7. The monoisotopic (exact) mass is 544 g/mol. The van der Waals surface area contributed by atoms with Gasteiger partial charge < -0.3 is 37.2 Å². The molecule has 1 unspecified atom stereocenters. The molecule has 4 rings (SSSR count). The second-order valence-corrected chi connectivity index (χ2v) is 8.93. The maximum absolute atomic E-state index is 3.89. The van der Waals surface area contributed by atoms with Crippen LogP contribution in [0.3, 0.4) is 0 Å². The molecule has 176 valence electrons. The molecule has 0 radical (unpaired) electrons. The summed E-state index contributed by atoms with van der Waals surface area (Å²) in [5.74, 6) is 0.155. The predicted molar refractivity (Wildman–Crippen MR) is 128 cm³/mol. The fraction of sp³-hybridized carbons (Fsp3) is 0.267. The third-order valence-corrected chi connectivity index (χ3v) is 6.80. The molecule has 0 saturated heterocycles. The van der Waals surface area contributed by atoms with Crippen LogP contribution in [-0.4, -0.2) is 0 Å². The van der Waals surface area contributed by atoms with Gasteiger partial charge in [-0.15, -0.1) is 6.92 Å². The van der Waals surface area contributed by atoms with Crippen LogP contribution in [-0.2, 0) is 27.1 Å². The minimum absolute atomic E-state index is 0. The van der Waals surface area contributed by atoms with Gasteiger partial charge in [0.05, 0.1) is 0 Å². The van der Waals surface area contributed by atoms with Crippen LogP contribution in [0.1, 0.15) is 54.2 Å². The number of rotatable bonds is 4. The largest absolute Gasteiger partial charge is 4.00 e. The van der Waals surface area contributed by atoms with E-state index in [1.165, 1.54) is 50.1 Å². The maximum atomic E-state index is 3.89. The molecule has 1 atom stereocenters. The molecule has 0 aliphatic heterocycles. The van der Waals surface area contributed by atoms with Gasteiger partial charge in [-0.05, 0) is 37.5 Å². The number of halogens is 3. The minimum Gasteiger partial charge on any atom is -1.00 e. The van der Waals surface area contributed by atoms with Gasteiger partial charge in [-0.25, -0.2) is 5.57 Å². The molecule has 0 bridgehead atoms. The van der Waals surface area contributed by atoms with E-state index in [0.29, 0.717) is 0 Å². The molecule has 1 aliphatic rings. The van der Waals surface area contributed by atoms with Crippen molar-refractivity contribution in [3.05, 3.63) is 129 Å². The summed E-state index contributed by atoms with van der Waals surface area (Å²) in [7, 11) is 0. The summed E-state index contributed by atoms with van der Waals surface area (Å²) in [4.78, 5) is 0. The van der Waals surface area contributed by atoms with Gasteiger partial charge in [-0.2, -0.15) is 11.1 Å². The van der Waals surface area contributed by atoms with Crippen LogP contribution in [0.4, 0.5) is 0 Å². The molecule has 0 saturated carbocycles. The molecular weight excluding hydrogens is 515 g/mol. The van der Waals surface area contributed by atoms with Gasteiger partial charge in [0.25, 0.3) is 0 Å². The summed E-state index contributed by atoms with van der Waals surface area (Å²) in [6.45, 7) is 13.3. The molecule has 3 aromatic rings. The fourth-order valence-electron chi connectivity index (χ4n) is 5.05. The van der Waals surface area contributed by atoms with Crippen LogP contribution in [0.25, 0.3) is 0 Å². The number of allylic oxidation sites excluding steroid dienone is 4. The fourth-order valence-corrected chi connectivity index (χ4v) is 5.05. The van der Waals surface area contributed by atoms with E-state index in [-0.39, 0.29) is 70.3 Å². The summed E-state index contributed by atoms with van der Waals surface area (Å²) < 4.78 is 0. The molecule has 3 aromatic carbocycles. The number of hydrogen-bond acceptors (Lipinski definition) is 0. The van der Waals surface area contributed by atoms with E-state index in [1.54, 1.807) is 0 Å². The van der Waals surface area contributed by atoms with Crippen molar-refractivity contribution in [2.75, 3.05) is 0 Å². The third-order valence-electron chi connectivity index (χ3n) is 6.80. The average Bonchev–Trinajstić information content (AvgIpc) is 2.97. The molecule has 0 aromatic heterocycles. The first-order valence-corrected chi connectivity index (χ1v) is 10.8. The van der Waals surface area contributed by atoms with Crippen LogP contribution >= 0.6 is 0 Å². The molecule has 0 nitrogen and oxygen atoms in total. The van der Waals surface area contributed by atoms with Gasteiger partial charge in [0.1, 0.15) is 0 Å². The molecular formula is C30H31Cl3Ti. The van der Waals surface area contributed by atoms with Crippen molar-refractivity contribution in [2.45, 2.75) is 47.0 Å². The summed E-state index contributed by atoms with van der Waals surface area (Å²) >= 11 is 0. The van der Waals surface area contributed by atoms with Crippen molar-refractivity contribution >= 4 is 0 Å². The molecule has 4 heteroatoms. The van der Waals surface area contributed by atoms with E-state index in [4.69, 9.17) is 0 Å². The number of hydrogen-bond donors (Lipinski definition) is 0. The topological polar surface area (TPSA) is 0 Å². The van der Waals surface area contributed by atoms with E-state index < -0.39 is 0 Å². The zero-order chi connectivity index (χ0) is 21.5. The van der Waals surface area contributed by atoms with Crippen LogP contribution < -0.4 is 37.2 Å². The summed E-state index contributed by atoms with van der Waals surface area (Å²) in [6, 6.07) is 27.2. The second kappa shape index (κ2) is 13.1. The third kappa shape index (κ3) is 5.75. The van der Waals surface area contributed by atoms with Gasteiger partial charge in [0.15, 0.2) is 0 Å².